The Balaban J connectivity index is 2.07. The molecule has 0 aliphatic heterocycles. The number of nitrogens with zero attached hydrogens (tertiary/aromatic N) is 2. The van der Waals surface area contributed by atoms with E-state index in [1.165, 1.54) is 0 Å². The van der Waals surface area contributed by atoms with Crippen molar-refractivity contribution in [3.63, 3.8) is 0 Å². The summed E-state index contributed by atoms with van der Waals surface area (Å²) in [4.78, 5) is 18.3. The van der Waals surface area contributed by atoms with E-state index in [1.54, 1.807) is 24.5 Å². The lowest BCUT2D eigenvalue weighted by molar-refractivity contribution is 0.0640. The van der Waals surface area contributed by atoms with Crippen LogP contribution in [0.15, 0.2) is 24.5 Å². The van der Waals surface area contributed by atoms with E-state index in [0.717, 1.165) is 37.8 Å². The van der Waals surface area contributed by atoms with Crippen molar-refractivity contribution < 1.29 is 4.79 Å². The summed E-state index contributed by atoms with van der Waals surface area (Å²) in [6, 6.07) is 4.21. The van der Waals surface area contributed by atoms with Crippen LogP contribution in [0, 0.1) is 0 Å². The third-order valence-corrected chi connectivity index (χ3v) is 3.71. The number of hydrogen-bond donors (Lipinski definition) is 1. The summed E-state index contributed by atoms with van der Waals surface area (Å²) in [6.07, 6.45) is 7.41. The third-order valence-electron chi connectivity index (χ3n) is 3.71. The van der Waals surface area contributed by atoms with Gasteiger partial charge in [0.25, 0.3) is 5.91 Å². The quantitative estimate of drug-likeness (QED) is 0.886. The van der Waals surface area contributed by atoms with Gasteiger partial charge in [-0.05, 0) is 44.7 Å². The molecular formula is C14H21N3O. The lowest BCUT2D eigenvalue weighted by Crippen LogP contribution is -2.44. The summed E-state index contributed by atoms with van der Waals surface area (Å²) < 4.78 is 0. The molecule has 1 aromatic heterocycles. The molecule has 98 valence electrons. The summed E-state index contributed by atoms with van der Waals surface area (Å²) in [5.41, 5.74) is 6.64. The molecule has 4 heteroatoms. The zero-order valence-electron chi connectivity index (χ0n) is 10.9. The van der Waals surface area contributed by atoms with Gasteiger partial charge in [0, 0.05) is 36.6 Å². The Morgan fingerprint density at radius 1 is 1.33 bits per heavy atom. The van der Waals surface area contributed by atoms with Gasteiger partial charge >= 0.3 is 0 Å². The van der Waals surface area contributed by atoms with Crippen molar-refractivity contribution in [2.45, 2.75) is 44.7 Å². The average Bonchev–Trinajstić information content (AvgIpc) is 2.42. The number of rotatable bonds is 3. The summed E-state index contributed by atoms with van der Waals surface area (Å²) in [5, 5.41) is 0. The van der Waals surface area contributed by atoms with Gasteiger partial charge in [-0.15, -0.1) is 0 Å². The van der Waals surface area contributed by atoms with E-state index in [4.69, 9.17) is 5.73 Å². The van der Waals surface area contributed by atoms with Gasteiger partial charge in [0.1, 0.15) is 0 Å². The number of aromatic nitrogens is 1. The van der Waals surface area contributed by atoms with Crippen LogP contribution < -0.4 is 5.73 Å². The predicted molar refractivity (Wildman–Crippen MR) is 71.2 cm³/mol. The average molecular weight is 247 g/mol. The highest BCUT2D eigenvalue weighted by Gasteiger charge is 2.27. The Kier molecular flexibility index (Phi) is 4.31. The van der Waals surface area contributed by atoms with Crippen molar-refractivity contribution in [2.75, 3.05) is 6.54 Å². The molecule has 0 atom stereocenters. The molecule has 2 rings (SSSR count). The predicted octanol–water partition coefficient (Wildman–Crippen LogP) is 1.81. The van der Waals surface area contributed by atoms with Crippen LogP contribution in [0.2, 0.25) is 0 Å². The molecule has 0 saturated heterocycles. The first-order valence-electron chi connectivity index (χ1n) is 6.69. The molecule has 0 unspecified atom stereocenters. The minimum atomic E-state index is 0.111. The summed E-state index contributed by atoms with van der Waals surface area (Å²) >= 11 is 0. The molecule has 0 radical (unpaired) electrons. The van der Waals surface area contributed by atoms with Crippen LogP contribution in [0.3, 0.4) is 0 Å². The van der Waals surface area contributed by atoms with Gasteiger partial charge in [0.05, 0.1) is 0 Å². The van der Waals surface area contributed by atoms with Gasteiger partial charge in [-0.2, -0.15) is 0 Å². The molecule has 1 fully saturated rings. The molecule has 1 saturated carbocycles. The van der Waals surface area contributed by atoms with Crippen LogP contribution in [-0.4, -0.2) is 34.4 Å². The molecule has 2 N–H and O–H groups in total. The number of hydrogen-bond acceptors (Lipinski definition) is 3. The van der Waals surface area contributed by atoms with E-state index < -0.39 is 0 Å². The fourth-order valence-corrected chi connectivity index (χ4v) is 2.64. The molecule has 4 nitrogen and oxygen atoms in total. The van der Waals surface area contributed by atoms with Crippen molar-refractivity contribution in [1.29, 1.82) is 0 Å². The zero-order valence-corrected chi connectivity index (χ0v) is 10.9. The fourth-order valence-electron chi connectivity index (χ4n) is 2.64. The van der Waals surface area contributed by atoms with Crippen molar-refractivity contribution in [2.24, 2.45) is 5.73 Å². The first-order valence-corrected chi connectivity index (χ1v) is 6.69. The Hall–Kier alpha value is -1.42. The standard InChI is InChI=1S/C14H21N3O/c1-2-17(13-5-3-12(15)4-6-13)14(18)11-7-9-16-10-8-11/h7-10,12-13H,2-6,15H2,1H3. The monoisotopic (exact) mass is 247 g/mol. The maximum absolute atomic E-state index is 12.4. The molecule has 1 amide bonds. The lowest BCUT2D eigenvalue weighted by Gasteiger charge is -2.35. The maximum Gasteiger partial charge on any atom is 0.254 e. The highest BCUT2D eigenvalue weighted by atomic mass is 16.2. The van der Waals surface area contributed by atoms with Crippen molar-refractivity contribution >= 4 is 5.91 Å². The number of pyridine rings is 1. The molecule has 1 aromatic rings. The van der Waals surface area contributed by atoms with E-state index >= 15 is 0 Å². The Labute approximate surface area is 108 Å². The SMILES string of the molecule is CCN(C(=O)c1ccncc1)C1CCC(N)CC1. The lowest BCUT2D eigenvalue weighted by atomic mass is 9.90. The minimum Gasteiger partial charge on any atom is -0.336 e. The highest BCUT2D eigenvalue weighted by Crippen LogP contribution is 2.23. The first kappa shape index (κ1) is 13.0. The Bertz CT molecular complexity index is 385. The zero-order chi connectivity index (χ0) is 13.0. The fraction of sp³-hybridized carbons (Fsp3) is 0.571. The van der Waals surface area contributed by atoms with Crippen LogP contribution in [0.4, 0.5) is 0 Å². The summed E-state index contributed by atoms with van der Waals surface area (Å²) in [7, 11) is 0. The first-order chi connectivity index (χ1) is 8.72. The smallest absolute Gasteiger partial charge is 0.254 e. The van der Waals surface area contributed by atoms with Gasteiger partial charge in [-0.25, -0.2) is 0 Å². The number of amides is 1. The summed E-state index contributed by atoms with van der Waals surface area (Å²) in [5.74, 6) is 0.111. The minimum absolute atomic E-state index is 0.111. The maximum atomic E-state index is 12.4. The van der Waals surface area contributed by atoms with Gasteiger partial charge in [0.2, 0.25) is 0 Å². The molecule has 1 aliphatic carbocycles. The molecule has 0 spiro atoms. The molecule has 1 heterocycles. The van der Waals surface area contributed by atoms with Crippen LogP contribution >= 0.6 is 0 Å². The second-order valence-electron chi connectivity index (χ2n) is 4.90. The number of nitrogens with two attached hydrogens (primary N) is 1. The molecule has 0 bridgehead atoms. The molecule has 0 aromatic carbocycles. The topological polar surface area (TPSA) is 59.2 Å². The van der Waals surface area contributed by atoms with Crippen molar-refractivity contribution in [1.82, 2.24) is 9.88 Å². The van der Waals surface area contributed by atoms with Crippen LogP contribution in [0.25, 0.3) is 0 Å². The van der Waals surface area contributed by atoms with E-state index in [9.17, 15) is 4.79 Å². The van der Waals surface area contributed by atoms with E-state index in [2.05, 4.69) is 4.98 Å². The molecule has 18 heavy (non-hydrogen) atoms. The third kappa shape index (κ3) is 2.88. The number of carbonyl (C=O) groups excluding carboxylic acids is 1. The Morgan fingerprint density at radius 3 is 2.50 bits per heavy atom. The van der Waals surface area contributed by atoms with E-state index in [0.29, 0.717) is 12.1 Å². The Morgan fingerprint density at radius 2 is 1.94 bits per heavy atom. The second kappa shape index (κ2) is 5.96. The summed E-state index contributed by atoms with van der Waals surface area (Å²) in [6.45, 7) is 2.79. The largest absolute Gasteiger partial charge is 0.336 e. The molecule has 1 aliphatic rings. The van der Waals surface area contributed by atoms with Crippen LogP contribution in [-0.2, 0) is 0 Å². The van der Waals surface area contributed by atoms with E-state index in [1.807, 2.05) is 11.8 Å². The van der Waals surface area contributed by atoms with Gasteiger partial charge < -0.3 is 10.6 Å². The van der Waals surface area contributed by atoms with Crippen LogP contribution in [0.5, 0.6) is 0 Å². The van der Waals surface area contributed by atoms with Crippen molar-refractivity contribution in [3.05, 3.63) is 30.1 Å². The van der Waals surface area contributed by atoms with Gasteiger partial charge in [-0.3, -0.25) is 9.78 Å². The molecular weight excluding hydrogens is 226 g/mol. The van der Waals surface area contributed by atoms with Gasteiger partial charge in [0.15, 0.2) is 0 Å². The normalized spacial score (nSPS) is 23.7. The number of carbonyl (C=O) groups is 1. The van der Waals surface area contributed by atoms with E-state index in [-0.39, 0.29) is 5.91 Å². The van der Waals surface area contributed by atoms with Gasteiger partial charge in [-0.1, -0.05) is 0 Å². The van der Waals surface area contributed by atoms with Crippen molar-refractivity contribution in [3.8, 4) is 0 Å². The second-order valence-corrected chi connectivity index (χ2v) is 4.90. The highest BCUT2D eigenvalue weighted by molar-refractivity contribution is 5.94. The van der Waals surface area contributed by atoms with Crippen LogP contribution in [0.1, 0.15) is 43.0 Å².